The smallest absolute Gasteiger partial charge is 0.223 e. The number of amides is 1. The lowest BCUT2D eigenvalue weighted by molar-refractivity contribution is -0.132. The van der Waals surface area contributed by atoms with Crippen molar-refractivity contribution in [3.8, 4) is 0 Å². The summed E-state index contributed by atoms with van der Waals surface area (Å²) in [5.41, 5.74) is 0. The Morgan fingerprint density at radius 1 is 1.40 bits per heavy atom. The molecule has 4 heteroatoms. The minimum atomic E-state index is -0.338. The van der Waals surface area contributed by atoms with Gasteiger partial charge in [0.15, 0.2) is 0 Å². The van der Waals surface area contributed by atoms with Crippen molar-refractivity contribution in [1.29, 1.82) is 0 Å². The molecule has 88 valence electrons. The Bertz CT molecular complexity index is 189. The monoisotopic (exact) mass is 214 g/mol. The minimum absolute atomic E-state index is 0.243. The van der Waals surface area contributed by atoms with Gasteiger partial charge in [-0.15, -0.1) is 0 Å². The van der Waals surface area contributed by atoms with Crippen LogP contribution in [0.4, 0.5) is 0 Å². The van der Waals surface area contributed by atoms with Crippen LogP contribution in [0.2, 0.25) is 0 Å². The highest BCUT2D eigenvalue weighted by Crippen LogP contribution is 2.09. The van der Waals surface area contributed by atoms with E-state index in [1.807, 2.05) is 4.90 Å². The van der Waals surface area contributed by atoms with E-state index in [9.17, 15) is 4.79 Å². The van der Waals surface area contributed by atoms with E-state index in [1.165, 1.54) is 6.42 Å². The summed E-state index contributed by atoms with van der Waals surface area (Å²) >= 11 is 0. The van der Waals surface area contributed by atoms with E-state index < -0.39 is 0 Å². The molecule has 15 heavy (non-hydrogen) atoms. The van der Waals surface area contributed by atoms with Crippen LogP contribution >= 0.6 is 0 Å². The molecule has 0 bridgehead atoms. The number of carbonyl (C=O) groups excluding carboxylic acids is 1. The van der Waals surface area contributed by atoms with Crippen LogP contribution in [0.1, 0.15) is 32.6 Å². The second kappa shape index (κ2) is 6.80. The van der Waals surface area contributed by atoms with Crippen LogP contribution in [0.15, 0.2) is 0 Å². The molecule has 1 saturated heterocycles. The third-order valence-corrected chi connectivity index (χ3v) is 2.66. The highest BCUT2D eigenvalue weighted by atomic mass is 16.3. The molecule has 4 nitrogen and oxygen atoms in total. The SMILES string of the molecule is C[C@@H](O)CNCCC(=O)N1CCCCC1. The maximum absolute atomic E-state index is 11.7. The van der Waals surface area contributed by atoms with Crippen LogP contribution in [0.25, 0.3) is 0 Å². The van der Waals surface area contributed by atoms with Crippen molar-refractivity contribution < 1.29 is 9.90 Å². The Balaban J connectivity index is 2.07. The van der Waals surface area contributed by atoms with Crippen molar-refractivity contribution in [2.75, 3.05) is 26.2 Å². The number of likely N-dealkylation sites (tertiary alicyclic amines) is 1. The number of hydrogen-bond acceptors (Lipinski definition) is 3. The zero-order valence-corrected chi connectivity index (χ0v) is 9.54. The molecule has 0 aromatic heterocycles. The van der Waals surface area contributed by atoms with Gasteiger partial charge in [0.25, 0.3) is 0 Å². The number of nitrogens with zero attached hydrogens (tertiary/aromatic N) is 1. The summed E-state index contributed by atoms with van der Waals surface area (Å²) < 4.78 is 0. The molecule has 0 aromatic rings. The molecule has 1 aliphatic rings. The van der Waals surface area contributed by atoms with Crippen LogP contribution in [0.3, 0.4) is 0 Å². The maximum atomic E-state index is 11.7. The molecule has 1 aliphatic heterocycles. The van der Waals surface area contributed by atoms with E-state index >= 15 is 0 Å². The first kappa shape index (κ1) is 12.5. The first-order valence-electron chi connectivity index (χ1n) is 5.86. The molecule has 2 N–H and O–H groups in total. The summed E-state index contributed by atoms with van der Waals surface area (Å²) in [6.07, 6.45) is 3.76. The highest BCUT2D eigenvalue weighted by molar-refractivity contribution is 5.76. The van der Waals surface area contributed by atoms with E-state index in [4.69, 9.17) is 5.11 Å². The molecule has 1 atom stereocenters. The number of aliphatic hydroxyl groups excluding tert-OH is 1. The summed E-state index contributed by atoms with van der Waals surface area (Å²) in [7, 11) is 0. The van der Waals surface area contributed by atoms with Gasteiger partial charge in [0.2, 0.25) is 5.91 Å². The van der Waals surface area contributed by atoms with Crippen molar-refractivity contribution in [3.05, 3.63) is 0 Å². The quantitative estimate of drug-likeness (QED) is 0.650. The largest absolute Gasteiger partial charge is 0.392 e. The van der Waals surface area contributed by atoms with E-state index in [0.29, 0.717) is 19.5 Å². The lowest BCUT2D eigenvalue weighted by Gasteiger charge is -2.26. The number of hydrogen-bond donors (Lipinski definition) is 2. The Labute approximate surface area is 91.6 Å². The predicted octanol–water partition coefficient (Wildman–Crippen LogP) is 0.359. The summed E-state index contributed by atoms with van der Waals surface area (Å²) in [5, 5.41) is 12.1. The standard InChI is InChI=1S/C11H22N2O2/c1-10(14)9-12-6-5-11(15)13-7-3-2-4-8-13/h10,12,14H,2-9H2,1H3/t10-/m1/s1. The van der Waals surface area contributed by atoms with Gasteiger partial charge in [-0.2, -0.15) is 0 Å². The minimum Gasteiger partial charge on any atom is -0.392 e. The molecule has 1 rings (SSSR count). The van der Waals surface area contributed by atoms with Crippen LogP contribution in [-0.4, -0.2) is 48.2 Å². The van der Waals surface area contributed by atoms with Crippen molar-refractivity contribution in [1.82, 2.24) is 10.2 Å². The molecular formula is C11H22N2O2. The number of aliphatic hydroxyl groups is 1. The third-order valence-electron chi connectivity index (χ3n) is 2.66. The first-order valence-corrected chi connectivity index (χ1v) is 5.86. The molecule has 0 saturated carbocycles. The Hall–Kier alpha value is -0.610. The zero-order chi connectivity index (χ0) is 11.1. The molecule has 1 heterocycles. The van der Waals surface area contributed by atoms with Crippen molar-refractivity contribution in [2.24, 2.45) is 0 Å². The van der Waals surface area contributed by atoms with Gasteiger partial charge in [0.1, 0.15) is 0 Å². The van der Waals surface area contributed by atoms with Crippen LogP contribution in [-0.2, 0) is 4.79 Å². The van der Waals surface area contributed by atoms with Gasteiger partial charge >= 0.3 is 0 Å². The van der Waals surface area contributed by atoms with Crippen LogP contribution < -0.4 is 5.32 Å². The van der Waals surface area contributed by atoms with E-state index in [1.54, 1.807) is 6.92 Å². The maximum Gasteiger partial charge on any atom is 0.223 e. The van der Waals surface area contributed by atoms with Gasteiger partial charge in [-0.05, 0) is 26.2 Å². The van der Waals surface area contributed by atoms with E-state index in [0.717, 1.165) is 25.9 Å². The lowest BCUT2D eigenvalue weighted by Crippen LogP contribution is -2.37. The first-order chi connectivity index (χ1) is 7.20. The number of rotatable bonds is 5. The average molecular weight is 214 g/mol. The second-order valence-corrected chi connectivity index (χ2v) is 4.24. The summed E-state index contributed by atoms with van der Waals surface area (Å²) in [4.78, 5) is 13.6. The molecule has 0 unspecified atom stereocenters. The fraction of sp³-hybridized carbons (Fsp3) is 0.909. The Morgan fingerprint density at radius 2 is 2.07 bits per heavy atom. The fourth-order valence-electron chi connectivity index (χ4n) is 1.81. The number of carbonyl (C=O) groups is 1. The average Bonchev–Trinajstić information content (AvgIpc) is 2.25. The van der Waals surface area contributed by atoms with E-state index in [-0.39, 0.29) is 12.0 Å². The lowest BCUT2D eigenvalue weighted by atomic mass is 10.1. The molecule has 0 radical (unpaired) electrons. The molecule has 1 amide bonds. The summed E-state index contributed by atoms with van der Waals surface area (Å²) in [6, 6.07) is 0. The fourth-order valence-corrected chi connectivity index (χ4v) is 1.81. The van der Waals surface area contributed by atoms with Gasteiger partial charge < -0.3 is 15.3 Å². The van der Waals surface area contributed by atoms with Gasteiger partial charge in [-0.25, -0.2) is 0 Å². The van der Waals surface area contributed by atoms with Gasteiger partial charge in [0.05, 0.1) is 6.10 Å². The van der Waals surface area contributed by atoms with Gasteiger partial charge in [-0.3, -0.25) is 4.79 Å². The Morgan fingerprint density at radius 3 is 2.67 bits per heavy atom. The zero-order valence-electron chi connectivity index (χ0n) is 9.54. The van der Waals surface area contributed by atoms with Crippen molar-refractivity contribution in [2.45, 2.75) is 38.7 Å². The summed E-state index contributed by atoms with van der Waals surface area (Å²) in [6.45, 7) is 4.82. The van der Waals surface area contributed by atoms with Gasteiger partial charge in [0, 0.05) is 32.6 Å². The van der Waals surface area contributed by atoms with E-state index in [2.05, 4.69) is 5.32 Å². The molecule has 0 spiro atoms. The normalized spacial score (nSPS) is 18.9. The predicted molar refractivity (Wildman–Crippen MR) is 59.6 cm³/mol. The molecule has 0 aromatic carbocycles. The molecular weight excluding hydrogens is 192 g/mol. The number of piperidine rings is 1. The topological polar surface area (TPSA) is 52.6 Å². The Kier molecular flexibility index (Phi) is 5.65. The van der Waals surface area contributed by atoms with Crippen molar-refractivity contribution in [3.63, 3.8) is 0 Å². The number of nitrogens with one attached hydrogen (secondary N) is 1. The molecule has 0 aliphatic carbocycles. The summed E-state index contributed by atoms with van der Waals surface area (Å²) in [5.74, 6) is 0.243. The highest BCUT2D eigenvalue weighted by Gasteiger charge is 2.15. The third kappa shape index (κ3) is 5.14. The van der Waals surface area contributed by atoms with Crippen LogP contribution in [0.5, 0.6) is 0 Å². The second-order valence-electron chi connectivity index (χ2n) is 4.24. The van der Waals surface area contributed by atoms with Crippen LogP contribution in [0, 0.1) is 0 Å². The molecule has 1 fully saturated rings. The van der Waals surface area contributed by atoms with Crippen molar-refractivity contribution >= 4 is 5.91 Å². The van der Waals surface area contributed by atoms with Gasteiger partial charge in [-0.1, -0.05) is 0 Å².